The van der Waals surface area contributed by atoms with Gasteiger partial charge in [0.2, 0.25) is 0 Å². The standard InChI is InChI=1S/C14H17Cl2N3S.ClH/c1-17-14(20-2)18-19-7-8-4-3-5-9-10(15)6-11(16)13(19)12(8)9;/h6,8H,3-5,7H2,1-2H3,(H,17,18);1H. The Hall–Kier alpha value is -0.290. The molecule has 0 radical (unpaired) electrons. The number of rotatable bonds is 1. The fourth-order valence-electron chi connectivity index (χ4n) is 3.20. The second kappa shape index (κ2) is 6.86. The average Bonchev–Trinajstić information content (AvgIpc) is 2.81. The Bertz CT molecular complexity index is 577. The van der Waals surface area contributed by atoms with Crippen LogP contribution in [0.4, 0.5) is 5.69 Å². The highest BCUT2D eigenvalue weighted by molar-refractivity contribution is 8.13. The molecule has 1 aromatic carbocycles. The van der Waals surface area contributed by atoms with E-state index in [-0.39, 0.29) is 12.4 Å². The van der Waals surface area contributed by atoms with Gasteiger partial charge in [-0.15, -0.1) is 12.4 Å². The molecule has 1 aliphatic carbocycles. The van der Waals surface area contributed by atoms with E-state index in [9.17, 15) is 0 Å². The van der Waals surface area contributed by atoms with Crippen molar-refractivity contribution in [2.24, 2.45) is 4.99 Å². The molecule has 3 nitrogen and oxygen atoms in total. The maximum Gasteiger partial charge on any atom is 0.175 e. The number of hydrogen-bond acceptors (Lipinski definition) is 3. The van der Waals surface area contributed by atoms with Crippen molar-refractivity contribution in [3.05, 3.63) is 27.2 Å². The number of nitrogens with zero attached hydrogens (tertiary/aromatic N) is 2. The second-order valence-corrected chi connectivity index (χ2v) is 6.73. The van der Waals surface area contributed by atoms with Gasteiger partial charge in [-0.25, -0.2) is 0 Å². The normalized spacial score (nSPS) is 20.1. The van der Waals surface area contributed by atoms with E-state index in [4.69, 9.17) is 23.2 Å². The first kappa shape index (κ1) is 17.1. The van der Waals surface area contributed by atoms with Crippen LogP contribution in [0, 0.1) is 0 Å². The zero-order chi connectivity index (χ0) is 14.3. The fourth-order valence-corrected chi connectivity index (χ4v) is 4.26. The smallest absolute Gasteiger partial charge is 0.175 e. The van der Waals surface area contributed by atoms with Crippen LogP contribution in [0.2, 0.25) is 10.0 Å². The lowest BCUT2D eigenvalue weighted by atomic mass is 9.84. The molecular formula is C14H18Cl3N3S. The predicted octanol–water partition coefficient (Wildman–Crippen LogP) is 4.51. The van der Waals surface area contributed by atoms with Crippen molar-refractivity contribution in [1.82, 2.24) is 5.43 Å². The first-order valence-corrected chi connectivity index (χ1v) is 8.69. The molecule has 2 aliphatic rings. The van der Waals surface area contributed by atoms with Gasteiger partial charge in [0.25, 0.3) is 0 Å². The Kier molecular flexibility index (Phi) is 5.58. The summed E-state index contributed by atoms with van der Waals surface area (Å²) in [5.41, 5.74) is 7.09. The molecule has 1 atom stereocenters. The zero-order valence-corrected chi connectivity index (χ0v) is 15.1. The number of anilines is 1. The molecule has 0 aromatic heterocycles. The Balaban J connectivity index is 0.00000161. The molecule has 1 N–H and O–H groups in total. The number of hydrogen-bond donors (Lipinski definition) is 1. The van der Waals surface area contributed by atoms with Gasteiger partial charge in [-0.05, 0) is 42.7 Å². The molecule has 0 fully saturated rings. The molecule has 7 heteroatoms. The van der Waals surface area contributed by atoms with Crippen molar-refractivity contribution in [1.29, 1.82) is 0 Å². The molecule has 1 aromatic rings. The van der Waals surface area contributed by atoms with Crippen molar-refractivity contribution in [3.63, 3.8) is 0 Å². The summed E-state index contributed by atoms with van der Waals surface area (Å²) in [6.07, 6.45) is 5.47. The van der Waals surface area contributed by atoms with Gasteiger partial charge < -0.3 is 0 Å². The van der Waals surface area contributed by atoms with Gasteiger partial charge in [0.05, 0.1) is 10.7 Å². The minimum Gasteiger partial charge on any atom is -0.284 e. The average molecular weight is 367 g/mol. The van der Waals surface area contributed by atoms with E-state index in [0.29, 0.717) is 5.92 Å². The number of halogens is 3. The van der Waals surface area contributed by atoms with Crippen LogP contribution in [-0.2, 0) is 6.42 Å². The zero-order valence-electron chi connectivity index (χ0n) is 11.9. The number of amidine groups is 1. The van der Waals surface area contributed by atoms with Gasteiger partial charge in [-0.2, -0.15) is 0 Å². The van der Waals surface area contributed by atoms with Gasteiger partial charge in [0.15, 0.2) is 5.17 Å². The number of benzene rings is 1. The Morgan fingerprint density at radius 2 is 2.19 bits per heavy atom. The molecule has 116 valence electrons. The van der Waals surface area contributed by atoms with E-state index in [2.05, 4.69) is 15.4 Å². The van der Waals surface area contributed by atoms with Crippen LogP contribution in [0.3, 0.4) is 0 Å². The van der Waals surface area contributed by atoms with Crippen LogP contribution in [0.25, 0.3) is 0 Å². The summed E-state index contributed by atoms with van der Waals surface area (Å²) in [6, 6.07) is 1.88. The van der Waals surface area contributed by atoms with Gasteiger partial charge >= 0.3 is 0 Å². The highest BCUT2D eigenvalue weighted by atomic mass is 35.5. The highest BCUT2D eigenvalue weighted by Crippen LogP contribution is 2.49. The summed E-state index contributed by atoms with van der Waals surface area (Å²) in [5.74, 6) is 0.525. The monoisotopic (exact) mass is 365 g/mol. The molecule has 0 amide bonds. The SMILES string of the molecule is CN=C(NN1CC2CCCc3c(Cl)cc(Cl)c1c32)SC.Cl. The summed E-state index contributed by atoms with van der Waals surface area (Å²) in [7, 11) is 1.79. The van der Waals surface area contributed by atoms with E-state index < -0.39 is 0 Å². The molecule has 0 saturated heterocycles. The van der Waals surface area contributed by atoms with E-state index >= 15 is 0 Å². The first-order chi connectivity index (χ1) is 9.65. The van der Waals surface area contributed by atoms with E-state index in [1.165, 1.54) is 24.0 Å². The third kappa shape index (κ3) is 2.96. The summed E-state index contributed by atoms with van der Waals surface area (Å²) in [5, 5.41) is 4.56. The first-order valence-electron chi connectivity index (χ1n) is 6.71. The van der Waals surface area contributed by atoms with Crippen LogP contribution in [0.1, 0.15) is 29.9 Å². The van der Waals surface area contributed by atoms with E-state index in [1.807, 2.05) is 12.3 Å². The molecule has 1 unspecified atom stereocenters. The number of thioether (sulfide) groups is 1. The molecule has 1 aliphatic heterocycles. The van der Waals surface area contributed by atoms with Gasteiger partial charge in [-0.3, -0.25) is 15.4 Å². The molecule has 21 heavy (non-hydrogen) atoms. The molecule has 3 rings (SSSR count). The molecule has 0 saturated carbocycles. The molecular weight excluding hydrogens is 349 g/mol. The van der Waals surface area contributed by atoms with Crippen LogP contribution < -0.4 is 10.4 Å². The van der Waals surface area contributed by atoms with Crippen molar-refractivity contribution in [2.45, 2.75) is 25.2 Å². The van der Waals surface area contributed by atoms with Gasteiger partial charge in [0, 0.05) is 24.5 Å². The second-order valence-electron chi connectivity index (χ2n) is 5.13. The summed E-state index contributed by atoms with van der Waals surface area (Å²) in [6.45, 7) is 0.933. The Labute approximate surface area is 145 Å². The van der Waals surface area contributed by atoms with Crippen molar-refractivity contribution in [3.8, 4) is 0 Å². The number of hydrazine groups is 1. The van der Waals surface area contributed by atoms with Crippen LogP contribution in [-0.4, -0.2) is 25.0 Å². The maximum atomic E-state index is 6.45. The Morgan fingerprint density at radius 3 is 2.86 bits per heavy atom. The van der Waals surface area contributed by atoms with Crippen LogP contribution >= 0.6 is 47.4 Å². The van der Waals surface area contributed by atoms with Crippen molar-refractivity contribution in [2.75, 3.05) is 24.9 Å². The maximum absolute atomic E-state index is 6.45. The van der Waals surface area contributed by atoms with Crippen molar-refractivity contribution < 1.29 is 0 Å². The largest absolute Gasteiger partial charge is 0.284 e. The molecule has 0 spiro atoms. The van der Waals surface area contributed by atoms with Crippen molar-refractivity contribution >= 4 is 58.2 Å². The van der Waals surface area contributed by atoms with E-state index in [0.717, 1.165) is 33.9 Å². The lowest BCUT2D eigenvalue weighted by Gasteiger charge is -2.23. The number of nitrogens with one attached hydrogen (secondary N) is 1. The molecule has 0 bridgehead atoms. The topological polar surface area (TPSA) is 27.6 Å². The van der Waals surface area contributed by atoms with Gasteiger partial charge in [0.1, 0.15) is 0 Å². The summed E-state index contributed by atoms with van der Waals surface area (Å²) < 4.78 is 0. The Morgan fingerprint density at radius 1 is 1.43 bits per heavy atom. The summed E-state index contributed by atoms with van der Waals surface area (Å²) >= 11 is 14.4. The van der Waals surface area contributed by atoms with Crippen LogP contribution in [0.15, 0.2) is 11.1 Å². The third-order valence-corrected chi connectivity index (χ3v) is 5.32. The van der Waals surface area contributed by atoms with Crippen LogP contribution in [0.5, 0.6) is 0 Å². The minimum atomic E-state index is 0. The lowest BCUT2D eigenvalue weighted by molar-refractivity contribution is 0.568. The van der Waals surface area contributed by atoms with Gasteiger partial charge in [-0.1, -0.05) is 35.0 Å². The lowest BCUT2D eigenvalue weighted by Crippen LogP contribution is -2.40. The predicted molar refractivity (Wildman–Crippen MR) is 96.7 cm³/mol. The molecule has 1 heterocycles. The highest BCUT2D eigenvalue weighted by Gasteiger charge is 2.36. The number of aliphatic imine (C=N–C) groups is 1. The quantitative estimate of drug-likeness (QED) is 0.585. The third-order valence-electron chi connectivity index (χ3n) is 4.04. The minimum absolute atomic E-state index is 0. The fraction of sp³-hybridized carbons (Fsp3) is 0.500. The van der Waals surface area contributed by atoms with E-state index in [1.54, 1.807) is 18.8 Å². The summed E-state index contributed by atoms with van der Waals surface area (Å²) in [4.78, 5) is 4.24.